The molecule has 0 unspecified atom stereocenters. The van der Waals surface area contributed by atoms with Gasteiger partial charge in [-0.15, -0.1) is 0 Å². The summed E-state index contributed by atoms with van der Waals surface area (Å²) < 4.78 is 21.7. The van der Waals surface area contributed by atoms with Gasteiger partial charge in [-0.2, -0.15) is 10.4 Å². The Labute approximate surface area is 241 Å². The molecule has 0 radical (unpaired) electrons. The molecular formula is C30H28ClFN6O3. The number of hydrogen-bond donors (Lipinski definition) is 1. The molecule has 2 aliphatic heterocycles. The minimum absolute atomic E-state index is 0.0651. The maximum Gasteiger partial charge on any atom is 0.258 e. The number of amides is 1. The lowest BCUT2D eigenvalue weighted by Gasteiger charge is -2.23. The van der Waals surface area contributed by atoms with Crippen molar-refractivity contribution in [3.05, 3.63) is 77.0 Å². The third-order valence-corrected chi connectivity index (χ3v) is 7.95. The zero-order chi connectivity index (χ0) is 28.9. The molecule has 1 amide bonds. The van der Waals surface area contributed by atoms with Crippen LogP contribution in [0.4, 0.5) is 10.2 Å². The summed E-state index contributed by atoms with van der Waals surface area (Å²) >= 11 is 6.13. The van der Waals surface area contributed by atoms with Gasteiger partial charge in [0.2, 0.25) is 0 Å². The summed E-state index contributed by atoms with van der Waals surface area (Å²) in [5.41, 5.74) is 1.54. The van der Waals surface area contributed by atoms with Crippen LogP contribution in [0.5, 0.6) is 5.75 Å². The second kappa shape index (κ2) is 10.3. The predicted molar refractivity (Wildman–Crippen MR) is 151 cm³/mol. The van der Waals surface area contributed by atoms with Crippen LogP contribution in [0, 0.1) is 29.0 Å². The van der Waals surface area contributed by atoms with Gasteiger partial charge in [-0.1, -0.05) is 17.7 Å². The minimum atomic E-state index is -1.01. The van der Waals surface area contributed by atoms with Crippen LogP contribution >= 0.6 is 11.6 Å². The number of aromatic nitrogens is 3. The summed E-state index contributed by atoms with van der Waals surface area (Å²) in [6.45, 7) is 5.96. The number of ether oxygens (including phenoxy) is 1. The van der Waals surface area contributed by atoms with E-state index in [1.54, 1.807) is 35.7 Å². The lowest BCUT2D eigenvalue weighted by molar-refractivity contribution is 0.0283. The molecule has 5 heterocycles. The number of nitriles is 1. The number of fused-ring (bicyclic) bond motifs is 2. The molecule has 4 aromatic rings. The number of pyridine rings is 2. The van der Waals surface area contributed by atoms with E-state index in [1.807, 2.05) is 18.2 Å². The highest BCUT2D eigenvalue weighted by atomic mass is 35.5. The number of halogens is 2. The van der Waals surface area contributed by atoms with E-state index in [1.165, 1.54) is 24.4 Å². The highest BCUT2D eigenvalue weighted by molar-refractivity contribution is 6.33. The van der Waals surface area contributed by atoms with Gasteiger partial charge in [-0.25, -0.2) is 13.9 Å². The van der Waals surface area contributed by atoms with Gasteiger partial charge >= 0.3 is 0 Å². The molecule has 0 saturated carbocycles. The van der Waals surface area contributed by atoms with Gasteiger partial charge in [-0.05, 0) is 44.2 Å². The van der Waals surface area contributed by atoms with Gasteiger partial charge in [-0.3, -0.25) is 4.79 Å². The van der Waals surface area contributed by atoms with Crippen LogP contribution < -0.4 is 9.64 Å². The maximum absolute atomic E-state index is 14.3. The number of rotatable bonds is 6. The number of anilines is 1. The number of carbonyl (C=O) groups excluding carboxylic acids is 1. The van der Waals surface area contributed by atoms with E-state index in [2.05, 4.69) is 16.1 Å². The predicted octanol–water partition coefficient (Wildman–Crippen LogP) is 4.42. The summed E-state index contributed by atoms with van der Waals surface area (Å²) in [7, 11) is 0. The van der Waals surface area contributed by atoms with Gasteiger partial charge in [0.05, 0.1) is 39.7 Å². The molecule has 2 aliphatic rings. The molecule has 6 rings (SSSR count). The van der Waals surface area contributed by atoms with Gasteiger partial charge in [0, 0.05) is 55.3 Å². The Morgan fingerprint density at radius 1 is 1.20 bits per heavy atom. The molecule has 3 aromatic heterocycles. The van der Waals surface area contributed by atoms with Crippen LogP contribution in [0.15, 0.2) is 55.0 Å². The van der Waals surface area contributed by atoms with Gasteiger partial charge in [0.1, 0.15) is 30.1 Å². The topological polar surface area (TPSA) is 107 Å². The zero-order valence-corrected chi connectivity index (χ0v) is 23.3. The second-order valence-corrected chi connectivity index (χ2v) is 11.7. The summed E-state index contributed by atoms with van der Waals surface area (Å²) in [5, 5.41) is 24.2. The molecule has 0 aliphatic carbocycles. The van der Waals surface area contributed by atoms with Crippen LogP contribution in [-0.4, -0.2) is 68.9 Å². The SMILES string of the molecule is CC(C)(O)COc1cc(-c2ccc(N3C[C@H]4CN(C(=O)c5c(F)cccc5Cl)C[C@H]4C3)nc2)c2c(C#N)cnn2c1. The average Bonchev–Trinajstić information content (AvgIpc) is 3.64. The van der Waals surface area contributed by atoms with Gasteiger partial charge < -0.3 is 19.6 Å². The van der Waals surface area contributed by atoms with E-state index in [9.17, 15) is 19.6 Å². The summed E-state index contributed by atoms with van der Waals surface area (Å²) in [5.74, 6) is 0.857. The van der Waals surface area contributed by atoms with E-state index in [0.29, 0.717) is 29.9 Å². The van der Waals surface area contributed by atoms with E-state index in [0.717, 1.165) is 30.0 Å². The number of hydrogen-bond acceptors (Lipinski definition) is 7. The smallest absolute Gasteiger partial charge is 0.258 e. The molecule has 0 spiro atoms. The van der Waals surface area contributed by atoms with Crippen molar-refractivity contribution in [3.8, 4) is 22.9 Å². The maximum atomic E-state index is 14.3. The number of carbonyl (C=O) groups is 1. The Balaban J connectivity index is 1.19. The first-order valence-electron chi connectivity index (χ1n) is 13.3. The first kappa shape index (κ1) is 27.0. The Hall–Kier alpha value is -4.20. The Kier molecular flexibility index (Phi) is 6.80. The third-order valence-electron chi connectivity index (χ3n) is 7.63. The van der Waals surface area contributed by atoms with Crippen molar-refractivity contribution in [1.29, 1.82) is 5.26 Å². The van der Waals surface area contributed by atoms with Crippen molar-refractivity contribution in [2.75, 3.05) is 37.7 Å². The lowest BCUT2D eigenvalue weighted by atomic mass is 10.0. The molecular weight excluding hydrogens is 547 g/mol. The average molecular weight is 575 g/mol. The van der Waals surface area contributed by atoms with Crippen LogP contribution in [-0.2, 0) is 0 Å². The largest absolute Gasteiger partial charge is 0.489 e. The van der Waals surface area contributed by atoms with Crippen LogP contribution in [0.3, 0.4) is 0 Å². The Bertz CT molecular complexity index is 1640. The summed E-state index contributed by atoms with van der Waals surface area (Å²) in [4.78, 5) is 21.6. The number of benzene rings is 1. The quantitative estimate of drug-likeness (QED) is 0.363. The minimum Gasteiger partial charge on any atom is -0.489 e. The van der Waals surface area contributed by atoms with E-state index in [4.69, 9.17) is 21.3 Å². The van der Waals surface area contributed by atoms with Crippen molar-refractivity contribution in [1.82, 2.24) is 19.5 Å². The number of likely N-dealkylation sites (tertiary alicyclic amines) is 1. The van der Waals surface area contributed by atoms with Crippen molar-refractivity contribution < 1.29 is 19.0 Å². The van der Waals surface area contributed by atoms with Crippen LogP contribution in [0.1, 0.15) is 29.8 Å². The van der Waals surface area contributed by atoms with Crippen molar-refractivity contribution in [2.24, 2.45) is 11.8 Å². The Morgan fingerprint density at radius 3 is 2.59 bits per heavy atom. The number of nitrogens with zero attached hydrogens (tertiary/aromatic N) is 6. The molecule has 11 heteroatoms. The second-order valence-electron chi connectivity index (χ2n) is 11.3. The van der Waals surface area contributed by atoms with Crippen molar-refractivity contribution in [2.45, 2.75) is 19.4 Å². The van der Waals surface area contributed by atoms with Gasteiger partial charge in [0.15, 0.2) is 0 Å². The van der Waals surface area contributed by atoms with Gasteiger partial charge in [0.25, 0.3) is 5.91 Å². The van der Waals surface area contributed by atoms with E-state index in [-0.39, 0.29) is 34.9 Å². The molecule has 2 saturated heterocycles. The zero-order valence-electron chi connectivity index (χ0n) is 22.6. The molecule has 9 nitrogen and oxygen atoms in total. The van der Waals surface area contributed by atoms with Crippen molar-refractivity contribution in [3.63, 3.8) is 0 Å². The van der Waals surface area contributed by atoms with Crippen molar-refractivity contribution >= 4 is 28.8 Å². The molecule has 0 bridgehead atoms. The highest BCUT2D eigenvalue weighted by Crippen LogP contribution is 2.36. The highest BCUT2D eigenvalue weighted by Gasteiger charge is 2.42. The van der Waals surface area contributed by atoms with E-state index < -0.39 is 11.4 Å². The standard InChI is InChI=1S/C30H28ClFN6O3/c1-30(2,40)17-41-22-8-23(28-19(9-33)11-35-38(28)16-22)18-6-7-26(34-10-18)36-12-20-14-37(15-21(20)13-36)29(39)27-24(31)4-3-5-25(27)32/h3-8,10-11,16,20-21,40H,12-15,17H2,1-2H3/t20-,21+. The molecule has 1 aromatic carbocycles. The fraction of sp³-hybridized carbons (Fsp3) is 0.333. The molecule has 210 valence electrons. The lowest BCUT2D eigenvalue weighted by Crippen LogP contribution is -2.34. The summed E-state index contributed by atoms with van der Waals surface area (Å²) in [6.07, 6.45) is 4.96. The molecule has 2 atom stereocenters. The number of aliphatic hydroxyl groups is 1. The molecule has 41 heavy (non-hydrogen) atoms. The first-order chi connectivity index (χ1) is 19.6. The van der Waals surface area contributed by atoms with Crippen LogP contribution in [0.2, 0.25) is 5.02 Å². The van der Waals surface area contributed by atoms with Crippen LogP contribution in [0.25, 0.3) is 16.6 Å². The first-order valence-corrected chi connectivity index (χ1v) is 13.7. The molecule has 1 N–H and O–H groups in total. The Morgan fingerprint density at radius 2 is 1.95 bits per heavy atom. The monoisotopic (exact) mass is 574 g/mol. The molecule has 2 fully saturated rings. The van der Waals surface area contributed by atoms with E-state index >= 15 is 0 Å². The normalized spacial score (nSPS) is 18.5. The summed E-state index contributed by atoms with van der Waals surface area (Å²) in [6, 6.07) is 12.2. The fourth-order valence-corrected chi connectivity index (χ4v) is 5.92. The third kappa shape index (κ3) is 5.19. The fourth-order valence-electron chi connectivity index (χ4n) is 5.68.